The van der Waals surface area contributed by atoms with Crippen molar-refractivity contribution in [1.29, 1.82) is 0 Å². The zero-order chi connectivity index (χ0) is 27.0. The van der Waals surface area contributed by atoms with E-state index in [1.54, 1.807) is 52.1 Å². The highest BCUT2D eigenvalue weighted by Gasteiger charge is 2.43. The molecular formula is C27H29F2N3O4S. The van der Waals surface area contributed by atoms with Gasteiger partial charge >= 0.3 is 16.3 Å². The highest BCUT2D eigenvalue weighted by molar-refractivity contribution is 7.95. The first-order chi connectivity index (χ1) is 17.4. The maximum atomic E-state index is 14.7. The third kappa shape index (κ3) is 5.24. The lowest BCUT2D eigenvalue weighted by atomic mass is 10.0. The predicted molar refractivity (Wildman–Crippen MR) is 139 cm³/mol. The zero-order valence-electron chi connectivity index (χ0n) is 21.1. The zero-order valence-corrected chi connectivity index (χ0v) is 21.9. The van der Waals surface area contributed by atoms with Gasteiger partial charge in [-0.2, -0.15) is 8.42 Å². The van der Waals surface area contributed by atoms with E-state index in [1.807, 2.05) is 30.3 Å². The number of para-hydroxylation sites is 2. The van der Waals surface area contributed by atoms with Crippen molar-refractivity contribution < 1.29 is 26.7 Å². The van der Waals surface area contributed by atoms with Crippen molar-refractivity contribution >= 4 is 33.4 Å². The second kappa shape index (κ2) is 10.0. The first-order valence-corrected chi connectivity index (χ1v) is 13.2. The highest BCUT2D eigenvalue weighted by Crippen LogP contribution is 2.46. The molecule has 1 aliphatic rings. The summed E-state index contributed by atoms with van der Waals surface area (Å²) in [5.41, 5.74) is 0.232. The quantitative estimate of drug-likeness (QED) is 0.383. The Hall–Kier alpha value is -3.66. The van der Waals surface area contributed by atoms with Crippen LogP contribution in [0.2, 0.25) is 0 Å². The van der Waals surface area contributed by atoms with Gasteiger partial charge in [0.15, 0.2) is 11.6 Å². The normalized spacial score (nSPS) is 15.3. The highest BCUT2D eigenvalue weighted by atomic mass is 32.2. The van der Waals surface area contributed by atoms with E-state index in [1.165, 1.54) is 17.0 Å². The van der Waals surface area contributed by atoms with Gasteiger partial charge in [0.2, 0.25) is 0 Å². The molecule has 0 saturated heterocycles. The summed E-state index contributed by atoms with van der Waals surface area (Å²) in [7, 11) is -2.70. The molecule has 0 fully saturated rings. The minimum atomic E-state index is -4.31. The average molecular weight is 530 g/mol. The van der Waals surface area contributed by atoms with Gasteiger partial charge in [0, 0.05) is 13.6 Å². The number of nitrogens with zero attached hydrogens (tertiary/aromatic N) is 3. The number of hydrogen-bond donors (Lipinski definition) is 0. The Morgan fingerprint density at radius 1 is 0.919 bits per heavy atom. The van der Waals surface area contributed by atoms with Gasteiger partial charge in [-0.15, -0.1) is 0 Å². The molecule has 3 aromatic rings. The van der Waals surface area contributed by atoms with Gasteiger partial charge in [0.1, 0.15) is 5.60 Å². The van der Waals surface area contributed by atoms with Crippen LogP contribution in [0.25, 0.3) is 0 Å². The number of rotatable bonds is 6. The van der Waals surface area contributed by atoms with Crippen LogP contribution in [0.5, 0.6) is 0 Å². The standard InChI is InChI=1S/C27H29F2N3O4S/c1-27(2,3)36-26(33)30(4)21(19-11-6-5-7-12-19)17-18-31-22-14-8-9-15-23(22)32(37(31,34)35)24-16-10-13-20(28)25(24)29/h5-16,21H,17-18H2,1-4H3. The van der Waals surface area contributed by atoms with Crippen LogP contribution in [0.1, 0.15) is 38.8 Å². The molecule has 0 aromatic heterocycles. The fourth-order valence-electron chi connectivity index (χ4n) is 4.29. The third-order valence-corrected chi connectivity index (χ3v) is 7.76. The summed E-state index contributed by atoms with van der Waals surface area (Å²) < 4.78 is 63.7. The van der Waals surface area contributed by atoms with Crippen molar-refractivity contribution in [3.8, 4) is 0 Å². The molecule has 3 aromatic carbocycles. The minimum absolute atomic E-state index is 0.0283. The van der Waals surface area contributed by atoms with Crippen molar-refractivity contribution in [3.05, 3.63) is 90.0 Å². The van der Waals surface area contributed by atoms with Crippen LogP contribution in [-0.4, -0.2) is 38.6 Å². The molecule has 1 heterocycles. The second-order valence-electron chi connectivity index (χ2n) is 9.71. The van der Waals surface area contributed by atoms with Crippen LogP contribution in [0, 0.1) is 11.6 Å². The van der Waals surface area contributed by atoms with Gasteiger partial charge in [-0.1, -0.05) is 48.5 Å². The molecule has 1 amide bonds. The van der Waals surface area contributed by atoms with Crippen molar-refractivity contribution in [2.24, 2.45) is 0 Å². The lowest BCUT2D eigenvalue weighted by Crippen LogP contribution is -2.40. The molecule has 0 N–H and O–H groups in total. The summed E-state index contributed by atoms with van der Waals surface area (Å²) in [5, 5.41) is 0. The van der Waals surface area contributed by atoms with Crippen LogP contribution in [0.3, 0.4) is 0 Å². The van der Waals surface area contributed by atoms with E-state index in [0.717, 1.165) is 20.2 Å². The van der Waals surface area contributed by atoms with E-state index in [-0.39, 0.29) is 18.7 Å². The fourth-order valence-corrected chi connectivity index (χ4v) is 6.02. The molecule has 0 bridgehead atoms. The monoisotopic (exact) mass is 529 g/mol. The molecule has 10 heteroatoms. The Balaban J connectivity index is 1.69. The average Bonchev–Trinajstić information content (AvgIpc) is 3.06. The van der Waals surface area contributed by atoms with E-state index < -0.39 is 45.3 Å². The van der Waals surface area contributed by atoms with E-state index in [0.29, 0.717) is 5.69 Å². The van der Waals surface area contributed by atoms with Gasteiger partial charge in [0.05, 0.1) is 23.1 Å². The Morgan fingerprint density at radius 3 is 2.16 bits per heavy atom. The van der Waals surface area contributed by atoms with Crippen molar-refractivity contribution in [2.45, 2.75) is 38.8 Å². The topological polar surface area (TPSA) is 70.2 Å². The van der Waals surface area contributed by atoms with Gasteiger partial charge < -0.3 is 9.64 Å². The van der Waals surface area contributed by atoms with Crippen LogP contribution < -0.4 is 8.61 Å². The predicted octanol–water partition coefficient (Wildman–Crippen LogP) is 6.17. The van der Waals surface area contributed by atoms with Crippen molar-refractivity contribution in [3.63, 3.8) is 0 Å². The van der Waals surface area contributed by atoms with Gasteiger partial charge in [-0.3, -0.25) is 4.31 Å². The second-order valence-corrected chi connectivity index (χ2v) is 11.4. The number of anilines is 3. The van der Waals surface area contributed by atoms with Crippen LogP contribution >= 0.6 is 0 Å². The molecule has 7 nitrogen and oxygen atoms in total. The largest absolute Gasteiger partial charge is 0.444 e. The molecule has 4 rings (SSSR count). The van der Waals surface area contributed by atoms with Crippen molar-refractivity contribution in [2.75, 3.05) is 22.2 Å². The summed E-state index contributed by atoms with van der Waals surface area (Å²) in [6.07, 6.45) is -0.332. The molecule has 196 valence electrons. The van der Waals surface area contributed by atoms with Gasteiger partial charge in [-0.25, -0.2) is 17.9 Å². The Morgan fingerprint density at radius 2 is 1.51 bits per heavy atom. The van der Waals surface area contributed by atoms with E-state index >= 15 is 0 Å². The third-order valence-electron chi connectivity index (χ3n) is 5.97. The lowest BCUT2D eigenvalue weighted by molar-refractivity contribution is 0.0214. The van der Waals surface area contributed by atoms with E-state index in [2.05, 4.69) is 0 Å². The molecule has 1 aliphatic heterocycles. The number of fused-ring (bicyclic) bond motifs is 1. The molecule has 0 radical (unpaired) electrons. The summed E-state index contributed by atoms with van der Waals surface area (Å²) in [5.74, 6) is -2.40. The maximum Gasteiger partial charge on any atom is 0.410 e. The summed E-state index contributed by atoms with van der Waals surface area (Å²) in [6, 6.07) is 18.6. The van der Waals surface area contributed by atoms with E-state index in [9.17, 15) is 22.0 Å². The Labute approximate surface area is 216 Å². The number of benzene rings is 3. The van der Waals surface area contributed by atoms with Gasteiger partial charge in [0.25, 0.3) is 0 Å². The number of hydrogen-bond acceptors (Lipinski definition) is 4. The SMILES string of the molecule is CN(C(=O)OC(C)(C)C)C(CCN1c2ccccc2N(c2cccc(F)c2F)S1(=O)=O)c1ccccc1. The Bertz CT molecular complexity index is 1390. The first kappa shape index (κ1) is 26.4. The number of carbonyl (C=O) groups excluding carboxylic acids is 1. The summed E-state index contributed by atoms with van der Waals surface area (Å²) in [6.45, 7) is 5.28. The minimum Gasteiger partial charge on any atom is -0.444 e. The fraction of sp³-hybridized carbons (Fsp3) is 0.296. The molecular weight excluding hydrogens is 500 g/mol. The molecule has 0 saturated carbocycles. The molecule has 0 spiro atoms. The molecule has 1 atom stereocenters. The number of halogens is 2. The maximum absolute atomic E-state index is 14.7. The van der Waals surface area contributed by atoms with Crippen molar-refractivity contribution in [1.82, 2.24) is 4.90 Å². The van der Waals surface area contributed by atoms with E-state index in [4.69, 9.17) is 4.74 Å². The number of carbonyl (C=O) groups is 1. The first-order valence-electron chi connectivity index (χ1n) is 11.8. The lowest BCUT2D eigenvalue weighted by Gasteiger charge is -2.32. The van der Waals surface area contributed by atoms with Crippen LogP contribution in [0.15, 0.2) is 72.8 Å². The molecule has 1 unspecified atom stereocenters. The van der Waals surface area contributed by atoms with Crippen LogP contribution in [0.4, 0.5) is 30.6 Å². The Kier molecular flexibility index (Phi) is 7.14. The summed E-state index contributed by atoms with van der Waals surface area (Å²) >= 11 is 0. The molecule has 0 aliphatic carbocycles. The van der Waals surface area contributed by atoms with Gasteiger partial charge in [-0.05, 0) is 57.0 Å². The summed E-state index contributed by atoms with van der Waals surface area (Å²) in [4.78, 5) is 14.3. The number of amides is 1. The number of ether oxygens (including phenoxy) is 1. The molecule has 37 heavy (non-hydrogen) atoms. The van der Waals surface area contributed by atoms with Crippen LogP contribution in [-0.2, 0) is 14.9 Å². The smallest absolute Gasteiger partial charge is 0.410 e.